The van der Waals surface area contributed by atoms with Gasteiger partial charge in [-0.05, 0) is 30.5 Å². The molecule has 4 atom stereocenters. The van der Waals surface area contributed by atoms with Gasteiger partial charge < -0.3 is 49.1 Å². The van der Waals surface area contributed by atoms with Crippen LogP contribution in [0.25, 0.3) is 0 Å². The molecule has 0 saturated heterocycles. The van der Waals surface area contributed by atoms with E-state index in [1.807, 2.05) is 0 Å². The summed E-state index contributed by atoms with van der Waals surface area (Å²) in [6, 6.07) is 0.549. The van der Waals surface area contributed by atoms with Crippen molar-refractivity contribution in [1.82, 2.24) is 16.0 Å². The van der Waals surface area contributed by atoms with Crippen LogP contribution in [0.2, 0.25) is 0 Å². The average Bonchev–Trinajstić information content (AvgIpc) is 2.84. The number of nitrogens with two attached hydrogens (primary N) is 4. The number of hydrogen-bond acceptors (Lipinski definition) is 9. The number of nitrogens with zero attached hydrogens (tertiary/aromatic N) is 1. The summed E-state index contributed by atoms with van der Waals surface area (Å²) in [6.45, 7) is 0.107. The number of nitrogens with one attached hydrogen (secondary N) is 3. The molecule has 13 N–H and O–H groups in total. The fourth-order valence-corrected chi connectivity index (χ4v) is 3.32. The van der Waals surface area contributed by atoms with Gasteiger partial charge in [0.05, 0.1) is 12.5 Å². The highest BCUT2D eigenvalue weighted by molar-refractivity contribution is 7.80. The number of carbonyl (C=O) groups is 5. The van der Waals surface area contributed by atoms with Crippen molar-refractivity contribution in [2.75, 3.05) is 12.3 Å². The highest BCUT2D eigenvalue weighted by Gasteiger charge is 2.31. The zero-order chi connectivity index (χ0) is 28.8. The number of carbonyl (C=O) groups excluding carboxylic acids is 4. The molecule has 0 bridgehead atoms. The Balaban J connectivity index is 3.08. The molecule has 0 saturated carbocycles. The van der Waals surface area contributed by atoms with E-state index < -0.39 is 60.2 Å². The molecule has 0 heterocycles. The molecule has 0 aromatic heterocycles. The smallest absolute Gasteiger partial charge is 0.326 e. The van der Waals surface area contributed by atoms with Crippen molar-refractivity contribution < 1.29 is 34.2 Å². The Hall–Kier alpha value is -4.05. The molecule has 0 aliphatic heterocycles. The van der Waals surface area contributed by atoms with Crippen molar-refractivity contribution in [2.24, 2.45) is 27.9 Å². The van der Waals surface area contributed by atoms with Gasteiger partial charge in [0, 0.05) is 18.7 Å². The van der Waals surface area contributed by atoms with Crippen LogP contribution in [0.5, 0.6) is 5.75 Å². The molecule has 0 fully saturated rings. The van der Waals surface area contributed by atoms with Gasteiger partial charge in [0.1, 0.15) is 23.9 Å². The zero-order valence-electron chi connectivity index (χ0n) is 20.5. The standard InChI is InChI=1S/C22H34N8O7S/c23-13(10-38)18(33)29-15(9-17(24)32)20(35)28-14(2-1-7-27-22(25)26)19(34)30-16(21(36)37)8-11-3-5-12(31)6-4-11/h3-6,13-16,31,38H,1-2,7-10,23H2,(H2,24,32)(H,28,35)(H,29,33)(H,30,34)(H,36,37)(H4,25,26,27). The minimum atomic E-state index is -1.45. The third-order valence-corrected chi connectivity index (χ3v) is 5.53. The van der Waals surface area contributed by atoms with E-state index >= 15 is 0 Å². The molecule has 0 aliphatic rings. The molecule has 210 valence electrons. The van der Waals surface area contributed by atoms with E-state index in [1.165, 1.54) is 24.3 Å². The Bertz CT molecular complexity index is 1020. The number of carboxylic acids is 1. The number of thiol groups is 1. The molecule has 15 nitrogen and oxygen atoms in total. The van der Waals surface area contributed by atoms with Crippen LogP contribution < -0.4 is 38.9 Å². The number of aliphatic carboxylic acids is 1. The number of aromatic hydroxyl groups is 1. The molecule has 0 radical (unpaired) electrons. The van der Waals surface area contributed by atoms with Crippen LogP contribution in [0.15, 0.2) is 29.3 Å². The van der Waals surface area contributed by atoms with Crippen LogP contribution in [0.3, 0.4) is 0 Å². The van der Waals surface area contributed by atoms with Crippen molar-refractivity contribution >= 4 is 48.2 Å². The zero-order valence-corrected chi connectivity index (χ0v) is 21.4. The van der Waals surface area contributed by atoms with Crippen molar-refractivity contribution in [3.8, 4) is 5.75 Å². The van der Waals surface area contributed by atoms with Gasteiger partial charge in [-0.3, -0.25) is 24.2 Å². The summed E-state index contributed by atoms with van der Waals surface area (Å²) in [5, 5.41) is 26.1. The molecule has 4 amide bonds. The Labute approximate surface area is 224 Å². The van der Waals surface area contributed by atoms with Crippen LogP contribution in [-0.2, 0) is 30.4 Å². The Morgan fingerprint density at radius 2 is 1.45 bits per heavy atom. The van der Waals surface area contributed by atoms with E-state index in [-0.39, 0.29) is 43.3 Å². The van der Waals surface area contributed by atoms with Crippen LogP contribution in [0.4, 0.5) is 0 Å². The summed E-state index contributed by atoms with van der Waals surface area (Å²) < 4.78 is 0. The second-order valence-electron chi connectivity index (χ2n) is 8.30. The number of rotatable bonds is 16. The molecule has 4 unspecified atom stereocenters. The average molecular weight is 555 g/mol. The first-order valence-corrected chi connectivity index (χ1v) is 12.1. The largest absolute Gasteiger partial charge is 0.508 e. The topological polar surface area (TPSA) is 278 Å². The molecule has 38 heavy (non-hydrogen) atoms. The summed E-state index contributed by atoms with van der Waals surface area (Å²) in [6.07, 6.45) is -0.508. The Morgan fingerprint density at radius 3 is 1.97 bits per heavy atom. The van der Waals surface area contributed by atoms with Gasteiger partial charge in [-0.25, -0.2) is 4.79 Å². The number of hydrogen-bond donors (Lipinski definition) is 10. The lowest BCUT2D eigenvalue weighted by atomic mass is 10.0. The third kappa shape index (κ3) is 11.8. The van der Waals surface area contributed by atoms with Gasteiger partial charge in [-0.15, -0.1) is 0 Å². The second-order valence-corrected chi connectivity index (χ2v) is 8.67. The van der Waals surface area contributed by atoms with Crippen molar-refractivity contribution in [3.63, 3.8) is 0 Å². The number of amides is 4. The number of aliphatic imine (C=N–C) groups is 1. The van der Waals surface area contributed by atoms with E-state index in [0.717, 1.165) is 0 Å². The van der Waals surface area contributed by atoms with Gasteiger partial charge in [-0.2, -0.15) is 12.6 Å². The number of benzene rings is 1. The predicted octanol–water partition coefficient (Wildman–Crippen LogP) is -3.34. The highest BCUT2D eigenvalue weighted by Crippen LogP contribution is 2.12. The van der Waals surface area contributed by atoms with E-state index in [2.05, 4.69) is 33.6 Å². The van der Waals surface area contributed by atoms with E-state index in [1.54, 1.807) is 0 Å². The van der Waals surface area contributed by atoms with Gasteiger partial charge in [0.2, 0.25) is 23.6 Å². The fraction of sp³-hybridized carbons (Fsp3) is 0.455. The summed E-state index contributed by atoms with van der Waals surface area (Å²) in [5.41, 5.74) is 21.9. The number of phenolic OH excluding ortho intramolecular Hbond substituents is 1. The molecule has 16 heteroatoms. The predicted molar refractivity (Wildman–Crippen MR) is 141 cm³/mol. The van der Waals surface area contributed by atoms with Gasteiger partial charge >= 0.3 is 5.97 Å². The summed E-state index contributed by atoms with van der Waals surface area (Å²) in [4.78, 5) is 65.3. The van der Waals surface area contributed by atoms with Crippen LogP contribution in [0, 0.1) is 0 Å². The minimum Gasteiger partial charge on any atom is -0.508 e. The lowest BCUT2D eigenvalue weighted by Gasteiger charge is -2.24. The van der Waals surface area contributed by atoms with Crippen LogP contribution in [-0.4, -0.2) is 82.2 Å². The van der Waals surface area contributed by atoms with Crippen LogP contribution >= 0.6 is 12.6 Å². The maximum Gasteiger partial charge on any atom is 0.326 e. The highest BCUT2D eigenvalue weighted by atomic mass is 32.1. The normalized spacial score (nSPS) is 13.7. The fourth-order valence-electron chi connectivity index (χ4n) is 3.16. The molecular formula is C22H34N8O7S. The molecule has 1 aromatic rings. The van der Waals surface area contributed by atoms with Gasteiger partial charge in [0.25, 0.3) is 0 Å². The number of primary amides is 1. The summed E-state index contributed by atoms with van der Waals surface area (Å²) in [5.74, 6) is -5.00. The lowest BCUT2D eigenvalue weighted by molar-refractivity contribution is -0.142. The number of guanidine groups is 1. The summed E-state index contributed by atoms with van der Waals surface area (Å²) >= 11 is 3.91. The Kier molecular flexibility index (Phi) is 13.4. The van der Waals surface area contributed by atoms with Gasteiger partial charge in [0.15, 0.2) is 5.96 Å². The van der Waals surface area contributed by atoms with E-state index in [9.17, 15) is 34.2 Å². The quantitative estimate of drug-likeness (QED) is 0.0419. The maximum absolute atomic E-state index is 13.1. The molecule has 1 rings (SSSR count). The monoisotopic (exact) mass is 554 g/mol. The minimum absolute atomic E-state index is 0.0128. The first kappa shape index (κ1) is 32.0. The molecule has 0 spiro atoms. The third-order valence-electron chi connectivity index (χ3n) is 5.14. The Morgan fingerprint density at radius 1 is 0.895 bits per heavy atom. The van der Waals surface area contributed by atoms with E-state index in [0.29, 0.717) is 5.56 Å². The van der Waals surface area contributed by atoms with Crippen molar-refractivity contribution in [3.05, 3.63) is 29.8 Å². The van der Waals surface area contributed by atoms with Crippen LogP contribution in [0.1, 0.15) is 24.8 Å². The van der Waals surface area contributed by atoms with Gasteiger partial charge in [-0.1, -0.05) is 12.1 Å². The second kappa shape index (κ2) is 15.9. The van der Waals surface area contributed by atoms with E-state index in [4.69, 9.17) is 22.9 Å². The molecule has 0 aliphatic carbocycles. The first-order valence-electron chi connectivity index (χ1n) is 11.5. The van der Waals surface area contributed by atoms with Crippen molar-refractivity contribution in [1.29, 1.82) is 0 Å². The summed E-state index contributed by atoms with van der Waals surface area (Å²) in [7, 11) is 0. The maximum atomic E-state index is 13.1. The first-order chi connectivity index (χ1) is 17.8. The van der Waals surface area contributed by atoms with Crippen molar-refractivity contribution in [2.45, 2.75) is 49.9 Å². The number of phenols is 1. The molecule has 1 aromatic carbocycles. The SMILES string of the molecule is NC(=O)CC(NC(=O)C(N)CS)C(=O)NC(CCCN=C(N)N)C(=O)NC(Cc1ccc(O)cc1)C(=O)O. The lowest BCUT2D eigenvalue weighted by Crippen LogP contribution is -2.58. The molecular weight excluding hydrogens is 520 g/mol. The number of carboxylic acid groups (broad SMARTS) is 1.